The number of esters is 2. The number of aromatic nitrogens is 1. The maximum Gasteiger partial charge on any atom is 0.355 e. The van der Waals surface area contributed by atoms with Gasteiger partial charge in [-0.15, -0.1) is 0 Å². The van der Waals surface area contributed by atoms with Gasteiger partial charge in [-0.25, -0.2) is 9.59 Å². The number of nitrogens with one attached hydrogen (secondary N) is 2. The van der Waals surface area contributed by atoms with Crippen LogP contribution in [0.3, 0.4) is 0 Å². The third-order valence-corrected chi connectivity index (χ3v) is 3.79. The molecule has 0 aliphatic rings. The molecule has 1 amide bonds. The van der Waals surface area contributed by atoms with Crippen molar-refractivity contribution in [3.63, 3.8) is 0 Å². The SMILES string of the molecule is CCOC(=O)c1[nH]c(C)c(C(=O)O[C@H](C)C(=O)NCc2ccco2)c1C. The molecule has 0 saturated heterocycles. The number of H-pyrrole nitrogens is 1. The summed E-state index contributed by atoms with van der Waals surface area (Å²) in [5.74, 6) is -1.09. The van der Waals surface area contributed by atoms with E-state index >= 15 is 0 Å². The maximum absolute atomic E-state index is 12.4. The molecule has 0 bridgehead atoms. The summed E-state index contributed by atoms with van der Waals surface area (Å²) in [4.78, 5) is 39.2. The van der Waals surface area contributed by atoms with Crippen LogP contribution in [0.1, 0.15) is 51.7 Å². The molecule has 8 heteroatoms. The third kappa shape index (κ3) is 4.33. The van der Waals surface area contributed by atoms with E-state index in [0.717, 1.165) is 0 Å². The first-order chi connectivity index (χ1) is 12.3. The van der Waals surface area contributed by atoms with Crippen molar-refractivity contribution in [2.45, 2.75) is 40.3 Å². The molecule has 0 unspecified atom stereocenters. The van der Waals surface area contributed by atoms with Crippen LogP contribution in [0.15, 0.2) is 22.8 Å². The van der Waals surface area contributed by atoms with E-state index in [1.54, 1.807) is 32.9 Å². The Morgan fingerprint density at radius 3 is 2.62 bits per heavy atom. The van der Waals surface area contributed by atoms with E-state index in [1.807, 2.05) is 0 Å². The van der Waals surface area contributed by atoms with Gasteiger partial charge in [0.2, 0.25) is 0 Å². The number of amides is 1. The molecular formula is C18H22N2O6. The van der Waals surface area contributed by atoms with Gasteiger partial charge in [-0.3, -0.25) is 4.79 Å². The van der Waals surface area contributed by atoms with Crippen LogP contribution in [-0.4, -0.2) is 35.5 Å². The molecule has 0 saturated carbocycles. The molecule has 0 fully saturated rings. The maximum atomic E-state index is 12.4. The largest absolute Gasteiger partial charge is 0.467 e. The van der Waals surface area contributed by atoms with E-state index in [4.69, 9.17) is 13.9 Å². The molecule has 2 heterocycles. The fourth-order valence-corrected chi connectivity index (χ4v) is 2.47. The highest BCUT2D eigenvalue weighted by Crippen LogP contribution is 2.20. The summed E-state index contributed by atoms with van der Waals surface area (Å²) in [6, 6.07) is 3.43. The molecule has 0 aliphatic heterocycles. The zero-order valence-electron chi connectivity index (χ0n) is 15.2. The van der Waals surface area contributed by atoms with Crippen molar-refractivity contribution in [3.05, 3.63) is 46.7 Å². The standard InChI is InChI=1S/C18H22N2O6/c1-5-24-18(23)15-10(2)14(11(3)20-15)17(22)26-12(4)16(21)19-9-13-7-6-8-25-13/h6-8,12,20H,5,9H2,1-4H3,(H,19,21)/t12-/m1/s1. The zero-order valence-corrected chi connectivity index (χ0v) is 15.2. The Labute approximate surface area is 150 Å². The van der Waals surface area contributed by atoms with Crippen LogP contribution in [-0.2, 0) is 20.8 Å². The van der Waals surface area contributed by atoms with E-state index in [9.17, 15) is 14.4 Å². The van der Waals surface area contributed by atoms with Crippen molar-refractivity contribution in [2.75, 3.05) is 6.61 Å². The fourth-order valence-electron chi connectivity index (χ4n) is 2.47. The van der Waals surface area contributed by atoms with Gasteiger partial charge in [0.25, 0.3) is 5.91 Å². The van der Waals surface area contributed by atoms with Crippen LogP contribution in [0.25, 0.3) is 0 Å². The first-order valence-corrected chi connectivity index (χ1v) is 8.22. The Morgan fingerprint density at radius 2 is 2.00 bits per heavy atom. The second kappa shape index (κ2) is 8.37. The van der Waals surface area contributed by atoms with Gasteiger partial charge in [-0.2, -0.15) is 0 Å². The third-order valence-electron chi connectivity index (χ3n) is 3.79. The molecule has 0 spiro atoms. The molecule has 0 aliphatic carbocycles. The molecule has 2 aromatic rings. The molecule has 2 N–H and O–H groups in total. The summed E-state index contributed by atoms with van der Waals surface area (Å²) < 4.78 is 15.3. The number of aryl methyl sites for hydroxylation is 1. The number of aromatic amines is 1. The van der Waals surface area contributed by atoms with Crippen LogP contribution in [0.4, 0.5) is 0 Å². The van der Waals surface area contributed by atoms with Gasteiger partial charge < -0.3 is 24.2 Å². The van der Waals surface area contributed by atoms with Crippen molar-refractivity contribution >= 4 is 17.8 Å². The van der Waals surface area contributed by atoms with E-state index < -0.39 is 23.9 Å². The van der Waals surface area contributed by atoms with E-state index in [0.29, 0.717) is 17.0 Å². The van der Waals surface area contributed by atoms with Crippen LogP contribution < -0.4 is 5.32 Å². The van der Waals surface area contributed by atoms with Gasteiger partial charge in [0.05, 0.1) is 25.0 Å². The molecular weight excluding hydrogens is 340 g/mol. The minimum atomic E-state index is -1.00. The zero-order chi connectivity index (χ0) is 19.3. The van der Waals surface area contributed by atoms with E-state index in [-0.39, 0.29) is 24.4 Å². The fraction of sp³-hybridized carbons (Fsp3) is 0.389. The molecule has 8 nitrogen and oxygen atoms in total. The summed E-state index contributed by atoms with van der Waals surface area (Å²) in [5, 5.41) is 2.62. The molecule has 0 aromatic carbocycles. The second-order valence-corrected chi connectivity index (χ2v) is 5.69. The number of carbonyl (C=O) groups excluding carboxylic acids is 3. The van der Waals surface area contributed by atoms with Crippen molar-refractivity contribution in [1.82, 2.24) is 10.3 Å². The average Bonchev–Trinajstić information content (AvgIpc) is 3.20. The van der Waals surface area contributed by atoms with Gasteiger partial charge in [0.1, 0.15) is 11.5 Å². The van der Waals surface area contributed by atoms with Crippen molar-refractivity contribution in [3.8, 4) is 0 Å². The van der Waals surface area contributed by atoms with E-state index in [2.05, 4.69) is 10.3 Å². The van der Waals surface area contributed by atoms with Gasteiger partial charge >= 0.3 is 11.9 Å². The Bertz CT molecular complexity index is 791. The minimum absolute atomic E-state index is 0.197. The lowest BCUT2D eigenvalue weighted by Gasteiger charge is -2.13. The Morgan fingerprint density at radius 1 is 1.27 bits per heavy atom. The summed E-state index contributed by atoms with van der Waals surface area (Å²) >= 11 is 0. The predicted molar refractivity (Wildman–Crippen MR) is 91.7 cm³/mol. The smallest absolute Gasteiger partial charge is 0.355 e. The molecule has 1 atom stereocenters. The van der Waals surface area contributed by atoms with Crippen LogP contribution in [0.5, 0.6) is 0 Å². The molecule has 2 aromatic heterocycles. The number of rotatable bonds is 7. The van der Waals surface area contributed by atoms with Gasteiger partial charge in [-0.05, 0) is 45.4 Å². The molecule has 2 rings (SSSR count). The van der Waals surface area contributed by atoms with Gasteiger partial charge in [0.15, 0.2) is 6.10 Å². The second-order valence-electron chi connectivity index (χ2n) is 5.69. The number of ether oxygens (including phenoxy) is 2. The van der Waals surface area contributed by atoms with Crippen LogP contribution >= 0.6 is 0 Å². The highest BCUT2D eigenvalue weighted by Gasteiger charge is 2.26. The minimum Gasteiger partial charge on any atom is -0.467 e. The summed E-state index contributed by atoms with van der Waals surface area (Å²) in [6.45, 7) is 6.86. The number of furan rings is 1. The molecule has 0 radical (unpaired) electrons. The summed E-state index contributed by atoms with van der Waals surface area (Å²) in [5.41, 5.74) is 1.32. The first kappa shape index (κ1) is 19.3. The number of carbonyl (C=O) groups is 3. The first-order valence-electron chi connectivity index (χ1n) is 8.22. The van der Waals surface area contributed by atoms with Crippen LogP contribution in [0, 0.1) is 13.8 Å². The quantitative estimate of drug-likeness (QED) is 0.731. The summed E-state index contributed by atoms with van der Waals surface area (Å²) in [7, 11) is 0. The highest BCUT2D eigenvalue weighted by molar-refractivity contribution is 5.99. The predicted octanol–water partition coefficient (Wildman–Crippen LogP) is 2.26. The average molecular weight is 362 g/mol. The number of hydrogen-bond donors (Lipinski definition) is 2. The lowest BCUT2D eigenvalue weighted by Crippen LogP contribution is -2.35. The molecule has 26 heavy (non-hydrogen) atoms. The Balaban J connectivity index is 2.02. The Kier molecular flexibility index (Phi) is 6.21. The summed E-state index contributed by atoms with van der Waals surface area (Å²) in [6.07, 6.45) is 0.501. The van der Waals surface area contributed by atoms with Crippen molar-refractivity contribution < 1.29 is 28.3 Å². The van der Waals surface area contributed by atoms with Gasteiger partial charge in [0, 0.05) is 5.69 Å². The normalized spacial score (nSPS) is 11.7. The lowest BCUT2D eigenvalue weighted by atomic mass is 10.1. The van der Waals surface area contributed by atoms with E-state index in [1.165, 1.54) is 13.2 Å². The van der Waals surface area contributed by atoms with Crippen molar-refractivity contribution in [1.29, 1.82) is 0 Å². The Hall–Kier alpha value is -3.03. The highest BCUT2D eigenvalue weighted by atomic mass is 16.5. The van der Waals surface area contributed by atoms with Crippen molar-refractivity contribution in [2.24, 2.45) is 0 Å². The monoisotopic (exact) mass is 362 g/mol. The topological polar surface area (TPSA) is 111 Å². The van der Waals surface area contributed by atoms with Gasteiger partial charge in [-0.1, -0.05) is 0 Å². The van der Waals surface area contributed by atoms with Crippen LogP contribution in [0.2, 0.25) is 0 Å². The lowest BCUT2D eigenvalue weighted by molar-refractivity contribution is -0.129. The molecule has 140 valence electrons. The number of hydrogen-bond acceptors (Lipinski definition) is 6.